The highest BCUT2D eigenvalue weighted by molar-refractivity contribution is 7.89. The van der Waals surface area contributed by atoms with Gasteiger partial charge in [-0.2, -0.15) is 5.10 Å². The molecule has 0 fully saturated rings. The molecule has 0 saturated heterocycles. The number of para-hydroxylation sites is 1. The molecule has 0 amide bonds. The van der Waals surface area contributed by atoms with Crippen molar-refractivity contribution in [1.29, 1.82) is 0 Å². The van der Waals surface area contributed by atoms with Gasteiger partial charge in [-0.25, -0.2) is 22.8 Å². The fraction of sp³-hybridized carbons (Fsp3) is 0.105. The molecule has 142 valence electrons. The maximum atomic E-state index is 12.5. The number of nitrogens with zero attached hydrogens (tertiary/aromatic N) is 4. The largest absolute Gasteiger partial charge is 0.265 e. The lowest BCUT2D eigenvalue weighted by Gasteiger charge is -2.03. The standard InChI is InChI=1S/C19H17N5O2S2/c25-28(26,17-12-21-24(13-17)16-4-2-1-3-5-16)22-11-8-19-23-18(14-27-19)15-6-9-20-10-7-15/h1-7,9-10,12-14,22H,8,11H2. The van der Waals surface area contributed by atoms with E-state index in [2.05, 4.69) is 19.8 Å². The molecule has 4 rings (SSSR count). The molecule has 0 radical (unpaired) electrons. The zero-order valence-corrected chi connectivity index (χ0v) is 16.4. The van der Waals surface area contributed by atoms with Crippen molar-refractivity contribution in [2.45, 2.75) is 11.3 Å². The number of benzene rings is 1. The quantitative estimate of drug-likeness (QED) is 0.505. The third kappa shape index (κ3) is 4.16. The van der Waals surface area contributed by atoms with Gasteiger partial charge < -0.3 is 0 Å². The monoisotopic (exact) mass is 411 g/mol. The summed E-state index contributed by atoms with van der Waals surface area (Å²) in [6.45, 7) is 0.266. The highest BCUT2D eigenvalue weighted by Gasteiger charge is 2.17. The van der Waals surface area contributed by atoms with Crippen molar-refractivity contribution in [1.82, 2.24) is 24.5 Å². The molecule has 0 aliphatic heterocycles. The number of rotatable bonds is 7. The van der Waals surface area contributed by atoms with E-state index in [4.69, 9.17) is 0 Å². The van der Waals surface area contributed by atoms with Gasteiger partial charge >= 0.3 is 0 Å². The molecular weight excluding hydrogens is 394 g/mol. The zero-order chi connectivity index (χ0) is 19.4. The summed E-state index contributed by atoms with van der Waals surface area (Å²) < 4.78 is 29.2. The predicted octanol–water partition coefficient (Wildman–Crippen LogP) is 2.91. The van der Waals surface area contributed by atoms with Crippen LogP contribution < -0.4 is 4.72 Å². The average molecular weight is 412 g/mol. The molecule has 3 aromatic heterocycles. The fourth-order valence-electron chi connectivity index (χ4n) is 2.62. The first-order chi connectivity index (χ1) is 13.6. The van der Waals surface area contributed by atoms with E-state index in [9.17, 15) is 8.42 Å². The summed E-state index contributed by atoms with van der Waals surface area (Å²) in [5, 5.41) is 6.97. The Morgan fingerprint density at radius 3 is 2.64 bits per heavy atom. The number of aromatic nitrogens is 4. The molecule has 0 unspecified atom stereocenters. The van der Waals surface area contributed by atoms with Crippen LogP contribution in [-0.4, -0.2) is 34.7 Å². The fourth-order valence-corrected chi connectivity index (χ4v) is 4.39. The van der Waals surface area contributed by atoms with E-state index < -0.39 is 10.0 Å². The van der Waals surface area contributed by atoms with E-state index in [1.165, 1.54) is 28.4 Å². The van der Waals surface area contributed by atoms with Gasteiger partial charge in [0.05, 0.1) is 28.8 Å². The normalized spacial score (nSPS) is 11.6. The minimum Gasteiger partial charge on any atom is -0.265 e. The lowest BCUT2D eigenvalue weighted by atomic mass is 10.2. The van der Waals surface area contributed by atoms with Crippen LogP contribution in [0.25, 0.3) is 16.9 Å². The maximum absolute atomic E-state index is 12.5. The van der Waals surface area contributed by atoms with Gasteiger partial charge in [0.15, 0.2) is 0 Å². The molecule has 1 N–H and O–H groups in total. The van der Waals surface area contributed by atoms with Crippen LogP contribution in [0, 0.1) is 0 Å². The molecule has 3 heterocycles. The van der Waals surface area contributed by atoms with E-state index in [0.717, 1.165) is 22.0 Å². The minimum atomic E-state index is -3.63. The van der Waals surface area contributed by atoms with Crippen LogP contribution in [-0.2, 0) is 16.4 Å². The Bertz CT molecular complexity index is 1160. The lowest BCUT2D eigenvalue weighted by Crippen LogP contribution is -2.25. The van der Waals surface area contributed by atoms with Crippen molar-refractivity contribution in [3.05, 3.63) is 77.6 Å². The Balaban J connectivity index is 1.38. The van der Waals surface area contributed by atoms with E-state index in [1.54, 1.807) is 12.4 Å². The second-order valence-corrected chi connectivity index (χ2v) is 8.68. The van der Waals surface area contributed by atoms with Crippen LogP contribution in [0.4, 0.5) is 0 Å². The van der Waals surface area contributed by atoms with Gasteiger partial charge in [0.2, 0.25) is 10.0 Å². The third-order valence-corrected chi connectivity index (χ3v) is 6.37. The Kier molecular flexibility index (Phi) is 5.29. The average Bonchev–Trinajstić information content (AvgIpc) is 3.40. The van der Waals surface area contributed by atoms with Crippen molar-refractivity contribution in [2.24, 2.45) is 0 Å². The first-order valence-corrected chi connectivity index (χ1v) is 10.9. The summed E-state index contributed by atoms with van der Waals surface area (Å²) in [5.74, 6) is 0. The number of nitrogens with one attached hydrogen (secondary N) is 1. The second-order valence-electron chi connectivity index (χ2n) is 5.97. The SMILES string of the molecule is O=S(=O)(NCCc1nc(-c2ccncc2)cs1)c1cnn(-c2ccccc2)c1. The Morgan fingerprint density at radius 2 is 1.86 bits per heavy atom. The molecule has 9 heteroatoms. The lowest BCUT2D eigenvalue weighted by molar-refractivity contribution is 0.581. The van der Waals surface area contributed by atoms with E-state index in [-0.39, 0.29) is 11.4 Å². The molecule has 4 aromatic rings. The molecule has 0 spiro atoms. The Hall–Kier alpha value is -2.88. The van der Waals surface area contributed by atoms with Crippen LogP contribution in [0.5, 0.6) is 0 Å². The van der Waals surface area contributed by atoms with Gasteiger partial charge in [-0.05, 0) is 24.3 Å². The Morgan fingerprint density at radius 1 is 1.07 bits per heavy atom. The third-order valence-electron chi connectivity index (χ3n) is 4.05. The van der Waals surface area contributed by atoms with Crippen LogP contribution in [0.1, 0.15) is 5.01 Å². The number of sulfonamides is 1. The number of pyridine rings is 1. The molecule has 1 aromatic carbocycles. The summed E-state index contributed by atoms with van der Waals surface area (Å²) in [6.07, 6.45) is 6.81. The summed E-state index contributed by atoms with van der Waals surface area (Å²) in [5.41, 5.74) is 2.66. The molecule has 0 bridgehead atoms. The number of hydrogen-bond acceptors (Lipinski definition) is 6. The smallest absolute Gasteiger partial charge is 0.243 e. The number of thiazole rings is 1. The van der Waals surface area contributed by atoms with Crippen LogP contribution in [0.2, 0.25) is 0 Å². The van der Waals surface area contributed by atoms with Crippen LogP contribution >= 0.6 is 11.3 Å². The van der Waals surface area contributed by atoms with E-state index >= 15 is 0 Å². The van der Waals surface area contributed by atoms with Crippen molar-refractivity contribution >= 4 is 21.4 Å². The van der Waals surface area contributed by atoms with Gasteiger partial charge in [-0.1, -0.05) is 18.2 Å². The zero-order valence-electron chi connectivity index (χ0n) is 14.8. The highest BCUT2D eigenvalue weighted by Crippen LogP contribution is 2.21. The minimum absolute atomic E-state index is 0.132. The highest BCUT2D eigenvalue weighted by atomic mass is 32.2. The van der Waals surface area contributed by atoms with Gasteiger partial charge in [0.25, 0.3) is 0 Å². The van der Waals surface area contributed by atoms with Crippen LogP contribution in [0.3, 0.4) is 0 Å². The molecule has 0 atom stereocenters. The van der Waals surface area contributed by atoms with Crippen molar-refractivity contribution in [3.63, 3.8) is 0 Å². The van der Waals surface area contributed by atoms with E-state index in [0.29, 0.717) is 6.42 Å². The van der Waals surface area contributed by atoms with Crippen molar-refractivity contribution in [3.8, 4) is 16.9 Å². The van der Waals surface area contributed by atoms with E-state index in [1.807, 2.05) is 47.8 Å². The Labute approximate surface area is 166 Å². The summed E-state index contributed by atoms with van der Waals surface area (Å²) in [4.78, 5) is 8.68. The van der Waals surface area contributed by atoms with Gasteiger partial charge in [-0.3, -0.25) is 4.98 Å². The summed E-state index contributed by atoms with van der Waals surface area (Å²) in [6, 6.07) is 13.2. The molecule has 0 aliphatic rings. The van der Waals surface area contributed by atoms with Crippen molar-refractivity contribution < 1.29 is 8.42 Å². The predicted molar refractivity (Wildman–Crippen MR) is 108 cm³/mol. The van der Waals surface area contributed by atoms with Gasteiger partial charge in [0, 0.05) is 36.3 Å². The van der Waals surface area contributed by atoms with Gasteiger partial charge in [-0.15, -0.1) is 11.3 Å². The molecule has 0 aliphatic carbocycles. The number of hydrogen-bond donors (Lipinski definition) is 1. The topological polar surface area (TPSA) is 89.8 Å². The maximum Gasteiger partial charge on any atom is 0.243 e. The molecule has 28 heavy (non-hydrogen) atoms. The second kappa shape index (κ2) is 8.01. The van der Waals surface area contributed by atoms with Gasteiger partial charge in [0.1, 0.15) is 4.90 Å². The van der Waals surface area contributed by atoms with Crippen molar-refractivity contribution in [2.75, 3.05) is 6.54 Å². The molecular formula is C19H17N5O2S2. The summed E-state index contributed by atoms with van der Waals surface area (Å²) in [7, 11) is -3.63. The first kappa shape index (κ1) is 18.5. The van der Waals surface area contributed by atoms with Crippen LogP contribution in [0.15, 0.2) is 77.5 Å². The summed E-state index contributed by atoms with van der Waals surface area (Å²) >= 11 is 1.51. The molecule has 7 nitrogen and oxygen atoms in total. The first-order valence-electron chi connectivity index (χ1n) is 8.56. The molecule has 0 saturated carbocycles.